The van der Waals surface area contributed by atoms with E-state index in [0.29, 0.717) is 0 Å². The standard InChI is InChI=1S/C28H32O11/c1-22-10-16-24(3)28-18(22)19(31)27(39-28,36-11-13(22)20(32)37-16)17-12(6-8-26(28,35)21(33)38-24)23(2)15(30)5-4-7-25(23,34)9-14(17)29/h4-5,12-14,16-18,29,34-35H,6-11H2,1-3H3/t12-,13-,14-,16+,17-,18+,22+,23-,24-,25+,26-,27-,28?/m0/s1. The SMILES string of the molecule is C[C@@]12C[C@H]3OC(=O)[C@@H]1CO[C@@]14OC5([C@@H]2C1=O)[C@@]3(C)OC(=O)[C@@]5(O)CC[C@H]1[C@H]4[C@@H](O)C[C@]2(O)CC=CC(=O)[C@]12C. The zero-order chi connectivity index (χ0) is 27.8. The molecule has 39 heavy (non-hydrogen) atoms. The Morgan fingerprint density at radius 3 is 2.54 bits per heavy atom. The molecule has 7 fully saturated rings. The van der Waals surface area contributed by atoms with Crippen LogP contribution in [0.2, 0.25) is 0 Å². The van der Waals surface area contributed by atoms with Gasteiger partial charge in [-0.15, -0.1) is 0 Å². The number of Topliss-reactive ketones (excluding diaryl/α,β-unsaturated/α-hetero) is 1. The molecule has 5 aliphatic heterocycles. The second-order valence-corrected chi connectivity index (χ2v) is 13.8. The van der Waals surface area contributed by atoms with Gasteiger partial charge in [-0.2, -0.15) is 0 Å². The third-order valence-corrected chi connectivity index (χ3v) is 12.6. The van der Waals surface area contributed by atoms with Crippen molar-refractivity contribution in [2.75, 3.05) is 6.61 Å². The number of ether oxygens (including phenoxy) is 4. The number of ketones is 2. The highest BCUT2D eigenvalue weighted by Crippen LogP contribution is 2.75. The lowest BCUT2D eigenvalue weighted by atomic mass is 9.46. The van der Waals surface area contributed by atoms with E-state index in [1.807, 2.05) is 0 Å². The van der Waals surface area contributed by atoms with E-state index in [4.69, 9.17) is 18.9 Å². The van der Waals surface area contributed by atoms with Crippen molar-refractivity contribution in [1.29, 1.82) is 0 Å². The molecule has 11 heteroatoms. The summed E-state index contributed by atoms with van der Waals surface area (Å²) in [5.74, 6) is -8.83. The van der Waals surface area contributed by atoms with Crippen LogP contribution in [0.15, 0.2) is 12.2 Å². The second-order valence-electron chi connectivity index (χ2n) is 13.8. The number of allylic oxidation sites excluding steroid dienone is 1. The molecule has 13 atom stereocenters. The molecule has 11 nitrogen and oxygen atoms in total. The van der Waals surface area contributed by atoms with Crippen molar-refractivity contribution in [1.82, 2.24) is 0 Å². The minimum absolute atomic E-state index is 0.00259. The molecule has 5 bridgehead atoms. The summed E-state index contributed by atoms with van der Waals surface area (Å²) in [7, 11) is 0. The van der Waals surface area contributed by atoms with E-state index in [0.717, 1.165) is 0 Å². The van der Waals surface area contributed by atoms with Crippen molar-refractivity contribution in [2.45, 2.75) is 93.3 Å². The van der Waals surface area contributed by atoms with Gasteiger partial charge in [-0.1, -0.05) is 13.0 Å². The Hall–Kier alpha value is -2.18. The molecule has 8 rings (SSSR count). The quantitative estimate of drug-likeness (QED) is 0.344. The molecule has 2 spiro atoms. The molecule has 5 heterocycles. The van der Waals surface area contributed by atoms with E-state index in [-0.39, 0.29) is 44.5 Å². The minimum Gasteiger partial charge on any atom is -0.458 e. The van der Waals surface area contributed by atoms with Gasteiger partial charge in [-0.05, 0) is 56.9 Å². The van der Waals surface area contributed by atoms with Crippen LogP contribution in [-0.2, 0) is 38.1 Å². The summed E-state index contributed by atoms with van der Waals surface area (Å²) in [4.78, 5) is 55.5. The number of hydrogen-bond donors (Lipinski definition) is 3. The van der Waals surface area contributed by atoms with Crippen molar-refractivity contribution in [3.8, 4) is 0 Å². The zero-order valence-corrected chi connectivity index (χ0v) is 22.0. The van der Waals surface area contributed by atoms with E-state index >= 15 is 0 Å². The van der Waals surface area contributed by atoms with Crippen LogP contribution in [0.5, 0.6) is 0 Å². The summed E-state index contributed by atoms with van der Waals surface area (Å²) in [5, 5.41) is 35.9. The van der Waals surface area contributed by atoms with Gasteiger partial charge < -0.3 is 34.3 Å². The van der Waals surface area contributed by atoms with E-state index < -0.39 is 92.6 Å². The van der Waals surface area contributed by atoms with Crippen molar-refractivity contribution >= 4 is 23.5 Å². The van der Waals surface area contributed by atoms with E-state index in [2.05, 4.69) is 0 Å². The first-order valence-corrected chi connectivity index (χ1v) is 13.8. The molecule has 210 valence electrons. The summed E-state index contributed by atoms with van der Waals surface area (Å²) in [5.41, 5.74) is -10.2. The lowest BCUT2D eigenvalue weighted by Crippen LogP contribution is -2.79. The third kappa shape index (κ3) is 2.13. The number of carbonyl (C=O) groups is 4. The van der Waals surface area contributed by atoms with Crippen LogP contribution in [0.3, 0.4) is 0 Å². The fourth-order valence-corrected chi connectivity index (χ4v) is 10.6. The van der Waals surface area contributed by atoms with Gasteiger partial charge in [-0.25, -0.2) is 4.79 Å². The predicted molar refractivity (Wildman–Crippen MR) is 125 cm³/mol. The van der Waals surface area contributed by atoms with Crippen LogP contribution in [-0.4, -0.2) is 85.8 Å². The summed E-state index contributed by atoms with van der Waals surface area (Å²) < 4.78 is 24.8. The molecule has 5 saturated heterocycles. The molecule has 2 saturated carbocycles. The van der Waals surface area contributed by atoms with Gasteiger partial charge in [0.2, 0.25) is 5.79 Å². The maximum absolute atomic E-state index is 14.9. The fraction of sp³-hybridized carbons (Fsp3) is 0.786. The number of carbonyl (C=O) groups excluding carboxylic acids is 4. The minimum atomic E-state index is -2.34. The number of esters is 2. The number of fused-ring (bicyclic) bond motifs is 5. The van der Waals surface area contributed by atoms with Gasteiger partial charge in [0, 0.05) is 6.42 Å². The topological polar surface area (TPSA) is 166 Å². The first kappa shape index (κ1) is 24.6. The normalized spacial score (nSPS) is 62.0. The smallest absolute Gasteiger partial charge is 0.342 e. The average Bonchev–Trinajstić information content (AvgIpc) is 3.17. The van der Waals surface area contributed by atoms with Gasteiger partial charge in [0.15, 0.2) is 28.4 Å². The van der Waals surface area contributed by atoms with E-state index in [9.17, 15) is 34.5 Å². The summed E-state index contributed by atoms with van der Waals surface area (Å²) in [6, 6.07) is 0. The molecule has 0 aromatic rings. The zero-order valence-electron chi connectivity index (χ0n) is 22.0. The summed E-state index contributed by atoms with van der Waals surface area (Å²) in [6.07, 6.45) is 0.531. The molecule has 3 N–H and O–H groups in total. The van der Waals surface area contributed by atoms with Crippen molar-refractivity contribution in [3.05, 3.63) is 12.2 Å². The predicted octanol–water partition coefficient (Wildman–Crippen LogP) is -0.277. The molecule has 0 amide bonds. The molecule has 0 aromatic heterocycles. The molecule has 0 radical (unpaired) electrons. The highest BCUT2D eigenvalue weighted by molar-refractivity contribution is 6.00. The first-order chi connectivity index (χ1) is 18.2. The van der Waals surface area contributed by atoms with Crippen molar-refractivity contribution < 1.29 is 53.4 Å². The number of aliphatic hydroxyl groups excluding tert-OH is 1. The van der Waals surface area contributed by atoms with Crippen LogP contribution < -0.4 is 0 Å². The lowest BCUT2D eigenvalue weighted by Gasteiger charge is -2.64. The Bertz CT molecular complexity index is 1330. The average molecular weight is 545 g/mol. The maximum atomic E-state index is 14.9. The maximum Gasteiger partial charge on any atom is 0.342 e. The molecule has 8 aliphatic rings. The Morgan fingerprint density at radius 2 is 1.79 bits per heavy atom. The molecular weight excluding hydrogens is 512 g/mol. The van der Waals surface area contributed by atoms with E-state index in [1.165, 1.54) is 13.0 Å². The largest absolute Gasteiger partial charge is 0.458 e. The van der Waals surface area contributed by atoms with Crippen LogP contribution >= 0.6 is 0 Å². The monoisotopic (exact) mass is 544 g/mol. The van der Waals surface area contributed by atoms with Crippen LogP contribution in [0.25, 0.3) is 0 Å². The summed E-state index contributed by atoms with van der Waals surface area (Å²) >= 11 is 0. The van der Waals surface area contributed by atoms with Crippen LogP contribution in [0.1, 0.15) is 52.9 Å². The number of rotatable bonds is 0. The van der Waals surface area contributed by atoms with E-state index in [1.54, 1.807) is 19.9 Å². The Balaban J connectivity index is 1.44. The first-order valence-electron chi connectivity index (χ1n) is 13.8. The highest BCUT2D eigenvalue weighted by Gasteiger charge is 2.93. The van der Waals surface area contributed by atoms with Gasteiger partial charge in [0.1, 0.15) is 6.10 Å². The molecule has 0 aromatic carbocycles. The highest BCUT2D eigenvalue weighted by atomic mass is 16.8. The number of aliphatic hydroxyl groups is 3. The molecule has 3 aliphatic carbocycles. The van der Waals surface area contributed by atoms with Gasteiger partial charge in [0.05, 0.1) is 41.5 Å². The van der Waals surface area contributed by atoms with Gasteiger partial charge >= 0.3 is 11.9 Å². The van der Waals surface area contributed by atoms with Crippen molar-refractivity contribution in [3.63, 3.8) is 0 Å². The van der Waals surface area contributed by atoms with Crippen molar-refractivity contribution in [2.24, 2.45) is 34.5 Å². The third-order valence-electron chi connectivity index (χ3n) is 12.6. The Labute approximate surface area is 223 Å². The Kier molecular flexibility index (Phi) is 4.09. The van der Waals surface area contributed by atoms with Crippen LogP contribution in [0, 0.1) is 34.5 Å². The molecular formula is C28H32O11. The fourth-order valence-electron chi connectivity index (χ4n) is 10.6. The lowest BCUT2D eigenvalue weighted by molar-refractivity contribution is -0.385. The van der Waals surface area contributed by atoms with Gasteiger partial charge in [-0.3, -0.25) is 14.4 Å². The van der Waals surface area contributed by atoms with Crippen LogP contribution in [0.4, 0.5) is 0 Å². The number of hydrogen-bond acceptors (Lipinski definition) is 11. The molecule has 1 unspecified atom stereocenters. The Morgan fingerprint density at radius 1 is 1.05 bits per heavy atom. The second kappa shape index (κ2) is 6.49. The summed E-state index contributed by atoms with van der Waals surface area (Å²) in [6.45, 7) is 4.68. The van der Waals surface area contributed by atoms with Gasteiger partial charge in [0.25, 0.3) is 0 Å².